The summed E-state index contributed by atoms with van der Waals surface area (Å²) in [6, 6.07) is 17.0. The first-order valence-electron chi connectivity index (χ1n) is 9.06. The van der Waals surface area contributed by atoms with Crippen LogP contribution in [0, 0.1) is 0 Å². The van der Waals surface area contributed by atoms with Crippen LogP contribution in [0.15, 0.2) is 54.7 Å². The van der Waals surface area contributed by atoms with Gasteiger partial charge in [-0.15, -0.1) is 5.10 Å². The summed E-state index contributed by atoms with van der Waals surface area (Å²) in [6.07, 6.45) is 2.67. The fourth-order valence-corrected chi connectivity index (χ4v) is 3.58. The van der Waals surface area contributed by atoms with Crippen molar-refractivity contribution in [3.8, 4) is 0 Å². The molecular weight excluding hydrogens is 322 g/mol. The van der Waals surface area contributed by atoms with E-state index >= 15 is 0 Å². The predicted octanol–water partition coefficient (Wildman–Crippen LogP) is 4.82. The number of nitrogens with one attached hydrogen (secondary N) is 1. The van der Waals surface area contributed by atoms with Crippen LogP contribution in [-0.2, 0) is 6.42 Å². The number of hydrogen-bond donors (Lipinski definition) is 1. The Bertz CT molecular complexity index is 922. The van der Waals surface area contributed by atoms with E-state index in [1.807, 2.05) is 6.07 Å². The Morgan fingerprint density at radius 3 is 2.69 bits per heavy atom. The monoisotopic (exact) mass is 345 g/mol. The van der Waals surface area contributed by atoms with Crippen LogP contribution in [0.5, 0.6) is 0 Å². The van der Waals surface area contributed by atoms with Gasteiger partial charge in [0.05, 0.1) is 6.20 Å². The molecule has 0 aliphatic carbocycles. The highest BCUT2D eigenvalue weighted by Gasteiger charge is 2.29. The molecular formula is C21H23N5. The van der Waals surface area contributed by atoms with E-state index in [1.165, 1.54) is 16.8 Å². The number of fused-ring (bicyclic) bond motifs is 1. The fourth-order valence-electron chi connectivity index (χ4n) is 3.58. The van der Waals surface area contributed by atoms with Crippen LogP contribution in [-0.4, -0.2) is 21.2 Å². The standard InChI is InChI=1S/C21H23N5/c1-14(2)17-9-5-6-10-18(17)23-20-13-22-25-21(24-20)26-15(3)12-16-8-4-7-11-19(16)26/h4-11,13-15H,12H2,1-3H3,(H,23,24,25). The molecule has 1 aromatic heterocycles. The molecule has 132 valence electrons. The Hall–Kier alpha value is -2.95. The highest BCUT2D eigenvalue weighted by molar-refractivity contribution is 5.68. The van der Waals surface area contributed by atoms with Crippen LogP contribution >= 0.6 is 0 Å². The van der Waals surface area contributed by atoms with E-state index in [0.717, 1.165) is 12.1 Å². The van der Waals surface area contributed by atoms with Crippen molar-refractivity contribution in [1.29, 1.82) is 0 Å². The molecule has 1 aliphatic rings. The number of benzene rings is 2. The van der Waals surface area contributed by atoms with Gasteiger partial charge in [-0.3, -0.25) is 0 Å². The third-order valence-corrected chi connectivity index (χ3v) is 4.82. The van der Waals surface area contributed by atoms with E-state index < -0.39 is 0 Å². The van der Waals surface area contributed by atoms with Gasteiger partial charge in [-0.1, -0.05) is 50.2 Å². The van der Waals surface area contributed by atoms with E-state index in [-0.39, 0.29) is 0 Å². The van der Waals surface area contributed by atoms with Crippen molar-refractivity contribution in [3.05, 3.63) is 65.9 Å². The Balaban J connectivity index is 1.66. The maximum absolute atomic E-state index is 4.74. The highest BCUT2D eigenvalue weighted by Crippen LogP contribution is 2.36. The summed E-state index contributed by atoms with van der Waals surface area (Å²) in [5, 5.41) is 11.9. The van der Waals surface area contributed by atoms with Crippen LogP contribution in [0.1, 0.15) is 37.8 Å². The first-order chi connectivity index (χ1) is 12.6. The van der Waals surface area contributed by atoms with Gasteiger partial charge in [0.2, 0.25) is 0 Å². The summed E-state index contributed by atoms with van der Waals surface area (Å²) in [6.45, 7) is 6.57. The van der Waals surface area contributed by atoms with Crippen molar-refractivity contribution >= 4 is 23.1 Å². The van der Waals surface area contributed by atoms with Gasteiger partial charge >= 0.3 is 0 Å². The van der Waals surface area contributed by atoms with Gasteiger partial charge in [0.1, 0.15) is 0 Å². The molecule has 4 rings (SSSR count). The van der Waals surface area contributed by atoms with Crippen molar-refractivity contribution in [2.75, 3.05) is 10.2 Å². The SMILES string of the molecule is CC(C)c1ccccc1Nc1cnnc(N2c3ccccc3CC2C)n1. The molecule has 5 heteroatoms. The largest absolute Gasteiger partial charge is 0.339 e. The fraction of sp³-hybridized carbons (Fsp3) is 0.286. The summed E-state index contributed by atoms with van der Waals surface area (Å²) < 4.78 is 0. The third-order valence-electron chi connectivity index (χ3n) is 4.82. The normalized spacial score (nSPS) is 16.0. The minimum absolute atomic E-state index is 0.312. The molecule has 2 aromatic carbocycles. The predicted molar refractivity (Wildman–Crippen MR) is 105 cm³/mol. The lowest BCUT2D eigenvalue weighted by Gasteiger charge is -2.22. The molecule has 0 amide bonds. The molecule has 1 N–H and O–H groups in total. The summed E-state index contributed by atoms with van der Waals surface area (Å²) in [5.74, 6) is 1.77. The molecule has 26 heavy (non-hydrogen) atoms. The average Bonchev–Trinajstić information content (AvgIpc) is 2.98. The number of aromatic nitrogens is 3. The number of para-hydroxylation sites is 2. The Morgan fingerprint density at radius 1 is 1.08 bits per heavy atom. The smallest absolute Gasteiger partial charge is 0.252 e. The molecule has 0 spiro atoms. The molecule has 3 aromatic rings. The third kappa shape index (κ3) is 3.01. The van der Waals surface area contributed by atoms with Gasteiger partial charge < -0.3 is 10.2 Å². The van der Waals surface area contributed by atoms with Crippen LogP contribution in [0.25, 0.3) is 0 Å². The molecule has 1 atom stereocenters. The maximum Gasteiger partial charge on any atom is 0.252 e. The van der Waals surface area contributed by atoms with E-state index in [9.17, 15) is 0 Å². The molecule has 0 saturated carbocycles. The molecule has 2 heterocycles. The lowest BCUT2D eigenvalue weighted by Crippen LogP contribution is -2.26. The average molecular weight is 345 g/mol. The number of rotatable bonds is 4. The molecule has 0 saturated heterocycles. The maximum atomic E-state index is 4.74. The number of anilines is 4. The van der Waals surface area contributed by atoms with E-state index in [2.05, 4.69) is 83.6 Å². The molecule has 5 nitrogen and oxygen atoms in total. The first kappa shape index (κ1) is 16.5. The number of hydrogen-bond acceptors (Lipinski definition) is 5. The molecule has 1 unspecified atom stereocenters. The number of nitrogens with zero attached hydrogens (tertiary/aromatic N) is 4. The summed E-state index contributed by atoms with van der Waals surface area (Å²) >= 11 is 0. The summed E-state index contributed by atoms with van der Waals surface area (Å²) in [7, 11) is 0. The highest BCUT2D eigenvalue weighted by atomic mass is 15.4. The van der Waals surface area contributed by atoms with Crippen molar-refractivity contribution in [2.24, 2.45) is 0 Å². The summed E-state index contributed by atoms with van der Waals surface area (Å²) in [5.41, 5.74) is 4.81. The molecule has 0 fully saturated rings. The zero-order chi connectivity index (χ0) is 18.1. The van der Waals surface area contributed by atoms with Crippen LogP contribution in [0.2, 0.25) is 0 Å². The van der Waals surface area contributed by atoms with Crippen LogP contribution in [0.4, 0.5) is 23.1 Å². The van der Waals surface area contributed by atoms with E-state index in [4.69, 9.17) is 4.98 Å². The molecule has 1 aliphatic heterocycles. The quantitative estimate of drug-likeness (QED) is 0.734. The molecule has 0 bridgehead atoms. The van der Waals surface area contributed by atoms with Gasteiger partial charge in [-0.2, -0.15) is 10.1 Å². The van der Waals surface area contributed by atoms with Gasteiger partial charge in [0.25, 0.3) is 5.95 Å². The van der Waals surface area contributed by atoms with E-state index in [0.29, 0.717) is 23.7 Å². The lowest BCUT2D eigenvalue weighted by molar-refractivity contribution is 0.730. The topological polar surface area (TPSA) is 53.9 Å². The van der Waals surface area contributed by atoms with Crippen molar-refractivity contribution in [3.63, 3.8) is 0 Å². The second-order valence-corrected chi connectivity index (χ2v) is 7.06. The van der Waals surface area contributed by atoms with Crippen molar-refractivity contribution in [1.82, 2.24) is 15.2 Å². The Labute approximate surface area is 154 Å². The Kier molecular flexibility index (Phi) is 4.29. The van der Waals surface area contributed by atoms with Gasteiger partial charge in [-0.25, -0.2) is 0 Å². The minimum Gasteiger partial charge on any atom is -0.339 e. The second-order valence-electron chi connectivity index (χ2n) is 7.06. The van der Waals surface area contributed by atoms with Crippen LogP contribution < -0.4 is 10.2 Å². The van der Waals surface area contributed by atoms with Crippen LogP contribution in [0.3, 0.4) is 0 Å². The molecule has 0 radical (unpaired) electrons. The zero-order valence-corrected chi connectivity index (χ0v) is 15.3. The lowest BCUT2D eigenvalue weighted by atomic mass is 10.0. The minimum atomic E-state index is 0.312. The Morgan fingerprint density at radius 2 is 1.85 bits per heavy atom. The van der Waals surface area contributed by atoms with Crippen molar-refractivity contribution in [2.45, 2.75) is 39.2 Å². The summed E-state index contributed by atoms with van der Waals surface area (Å²) in [4.78, 5) is 6.91. The van der Waals surface area contributed by atoms with E-state index in [1.54, 1.807) is 6.20 Å². The second kappa shape index (κ2) is 6.75. The van der Waals surface area contributed by atoms with Crippen molar-refractivity contribution < 1.29 is 0 Å². The van der Waals surface area contributed by atoms with Gasteiger partial charge in [-0.05, 0) is 42.5 Å². The zero-order valence-electron chi connectivity index (χ0n) is 15.3. The van der Waals surface area contributed by atoms with Gasteiger partial charge in [0, 0.05) is 17.4 Å². The first-order valence-corrected chi connectivity index (χ1v) is 9.06. The van der Waals surface area contributed by atoms with Gasteiger partial charge in [0.15, 0.2) is 5.82 Å².